The van der Waals surface area contributed by atoms with Gasteiger partial charge in [-0.3, -0.25) is 4.79 Å². The van der Waals surface area contributed by atoms with E-state index in [1.807, 2.05) is 48.5 Å². The van der Waals surface area contributed by atoms with Gasteiger partial charge in [-0.25, -0.2) is 4.98 Å². The molecule has 3 aromatic rings. The van der Waals surface area contributed by atoms with E-state index in [0.29, 0.717) is 11.4 Å². The Balaban J connectivity index is 1.98. The van der Waals surface area contributed by atoms with E-state index in [9.17, 15) is 4.79 Å². The highest BCUT2D eigenvalue weighted by Gasteiger charge is 2.12. The van der Waals surface area contributed by atoms with E-state index < -0.39 is 0 Å². The van der Waals surface area contributed by atoms with Crippen LogP contribution in [0.3, 0.4) is 0 Å². The number of rotatable bonds is 2. The zero-order chi connectivity index (χ0) is 14.8. The average Bonchev–Trinajstić information content (AvgIpc) is 2.50. The standard InChI is InChI=1S/C16H12BrN3O/c17-10-5-7-11(8-6-10)20-16(21)14-9-19-15(18)13-4-2-1-3-12(13)14/h1-9H,(H2,18,19)(H,20,21). The zero-order valence-electron chi connectivity index (χ0n) is 11.0. The molecule has 2 aromatic carbocycles. The minimum absolute atomic E-state index is 0.207. The van der Waals surface area contributed by atoms with Crippen molar-refractivity contribution in [3.05, 3.63) is 64.8 Å². The molecule has 1 heterocycles. The number of nitrogens with two attached hydrogens (primary N) is 1. The maximum atomic E-state index is 12.4. The van der Waals surface area contributed by atoms with Crippen molar-refractivity contribution in [2.45, 2.75) is 0 Å². The van der Waals surface area contributed by atoms with Crippen LogP contribution in [0.2, 0.25) is 0 Å². The number of halogens is 1. The summed E-state index contributed by atoms with van der Waals surface area (Å²) >= 11 is 3.36. The highest BCUT2D eigenvalue weighted by Crippen LogP contribution is 2.23. The van der Waals surface area contributed by atoms with Crippen LogP contribution in [0.1, 0.15) is 10.4 Å². The third kappa shape index (κ3) is 2.73. The first-order chi connectivity index (χ1) is 10.1. The molecule has 0 atom stereocenters. The second-order valence-electron chi connectivity index (χ2n) is 4.56. The fourth-order valence-corrected chi connectivity index (χ4v) is 2.39. The molecule has 1 amide bonds. The van der Waals surface area contributed by atoms with Crippen LogP contribution in [0.25, 0.3) is 10.8 Å². The Morgan fingerprint density at radius 1 is 1.05 bits per heavy atom. The molecule has 0 saturated heterocycles. The number of hydrogen-bond donors (Lipinski definition) is 2. The number of nitrogen functional groups attached to an aromatic ring is 1. The van der Waals surface area contributed by atoms with E-state index >= 15 is 0 Å². The van der Waals surface area contributed by atoms with Gasteiger partial charge in [0.25, 0.3) is 5.91 Å². The van der Waals surface area contributed by atoms with Gasteiger partial charge in [0.05, 0.1) is 5.56 Å². The lowest BCUT2D eigenvalue weighted by molar-refractivity contribution is 0.102. The fourth-order valence-electron chi connectivity index (χ4n) is 2.13. The predicted octanol–water partition coefficient (Wildman–Crippen LogP) is 3.83. The van der Waals surface area contributed by atoms with Gasteiger partial charge in [-0.2, -0.15) is 0 Å². The van der Waals surface area contributed by atoms with Crippen molar-refractivity contribution in [3.63, 3.8) is 0 Å². The maximum Gasteiger partial charge on any atom is 0.257 e. The minimum Gasteiger partial charge on any atom is -0.383 e. The zero-order valence-corrected chi connectivity index (χ0v) is 12.6. The van der Waals surface area contributed by atoms with Gasteiger partial charge in [0.15, 0.2) is 0 Å². The van der Waals surface area contributed by atoms with E-state index in [0.717, 1.165) is 20.9 Å². The Bertz CT molecular complexity index is 815. The summed E-state index contributed by atoms with van der Waals surface area (Å²) < 4.78 is 0.958. The summed E-state index contributed by atoms with van der Waals surface area (Å²) in [5.74, 6) is 0.215. The number of pyridine rings is 1. The third-order valence-electron chi connectivity index (χ3n) is 3.17. The average molecular weight is 342 g/mol. The molecule has 0 bridgehead atoms. The van der Waals surface area contributed by atoms with Gasteiger partial charge in [-0.05, 0) is 29.7 Å². The quantitative estimate of drug-likeness (QED) is 0.744. The number of hydrogen-bond acceptors (Lipinski definition) is 3. The lowest BCUT2D eigenvalue weighted by Gasteiger charge is -2.09. The predicted molar refractivity (Wildman–Crippen MR) is 88.3 cm³/mol. The van der Waals surface area contributed by atoms with Crippen molar-refractivity contribution in [1.82, 2.24) is 4.98 Å². The molecule has 0 aliphatic heterocycles. The third-order valence-corrected chi connectivity index (χ3v) is 3.70. The first-order valence-corrected chi connectivity index (χ1v) is 7.14. The Hall–Kier alpha value is -2.40. The lowest BCUT2D eigenvalue weighted by Crippen LogP contribution is -2.13. The normalized spacial score (nSPS) is 10.5. The molecule has 21 heavy (non-hydrogen) atoms. The second-order valence-corrected chi connectivity index (χ2v) is 5.48. The number of nitrogens with one attached hydrogen (secondary N) is 1. The van der Waals surface area contributed by atoms with E-state index in [1.165, 1.54) is 6.20 Å². The first-order valence-electron chi connectivity index (χ1n) is 6.35. The first kappa shape index (κ1) is 13.6. The van der Waals surface area contributed by atoms with Crippen molar-refractivity contribution >= 4 is 44.1 Å². The summed E-state index contributed by atoms with van der Waals surface area (Å²) in [7, 11) is 0. The number of carbonyl (C=O) groups excluding carboxylic acids is 1. The van der Waals surface area contributed by atoms with Crippen LogP contribution in [-0.2, 0) is 0 Å². The molecule has 5 heteroatoms. The molecule has 0 aliphatic carbocycles. The van der Waals surface area contributed by atoms with Gasteiger partial charge in [0, 0.05) is 21.7 Å². The smallest absolute Gasteiger partial charge is 0.257 e. The van der Waals surface area contributed by atoms with Crippen LogP contribution in [0.4, 0.5) is 11.5 Å². The number of benzene rings is 2. The van der Waals surface area contributed by atoms with Crippen LogP contribution >= 0.6 is 15.9 Å². The molecular formula is C16H12BrN3O. The molecule has 0 unspecified atom stereocenters. The van der Waals surface area contributed by atoms with Gasteiger partial charge in [-0.1, -0.05) is 40.2 Å². The highest BCUT2D eigenvalue weighted by molar-refractivity contribution is 9.10. The Kier molecular flexibility index (Phi) is 3.58. The molecule has 3 rings (SSSR count). The van der Waals surface area contributed by atoms with Gasteiger partial charge in [0.2, 0.25) is 0 Å². The molecular weight excluding hydrogens is 330 g/mol. The SMILES string of the molecule is Nc1ncc(C(=O)Nc2ccc(Br)cc2)c2ccccc12. The van der Waals surface area contributed by atoms with Crippen LogP contribution in [0.5, 0.6) is 0 Å². The van der Waals surface area contributed by atoms with Gasteiger partial charge in [0.1, 0.15) is 5.82 Å². The molecule has 104 valence electrons. The van der Waals surface area contributed by atoms with E-state index in [2.05, 4.69) is 26.2 Å². The Morgan fingerprint density at radius 3 is 2.43 bits per heavy atom. The molecule has 0 fully saturated rings. The van der Waals surface area contributed by atoms with Gasteiger partial charge < -0.3 is 11.1 Å². The fraction of sp³-hybridized carbons (Fsp3) is 0. The van der Waals surface area contributed by atoms with E-state index in [1.54, 1.807) is 0 Å². The van der Waals surface area contributed by atoms with Crippen molar-refractivity contribution in [1.29, 1.82) is 0 Å². The largest absolute Gasteiger partial charge is 0.383 e. The highest BCUT2D eigenvalue weighted by atomic mass is 79.9. The number of amides is 1. The van der Waals surface area contributed by atoms with Crippen molar-refractivity contribution in [2.24, 2.45) is 0 Å². The number of nitrogens with zero attached hydrogens (tertiary/aromatic N) is 1. The molecule has 0 aliphatic rings. The van der Waals surface area contributed by atoms with Crippen LogP contribution < -0.4 is 11.1 Å². The van der Waals surface area contributed by atoms with Crippen molar-refractivity contribution in [2.75, 3.05) is 11.1 Å². The Morgan fingerprint density at radius 2 is 1.71 bits per heavy atom. The minimum atomic E-state index is -0.207. The number of aromatic nitrogens is 1. The van der Waals surface area contributed by atoms with Gasteiger partial charge in [-0.15, -0.1) is 0 Å². The van der Waals surface area contributed by atoms with Crippen molar-refractivity contribution < 1.29 is 4.79 Å². The molecule has 3 N–H and O–H groups in total. The Labute approximate surface area is 130 Å². The summed E-state index contributed by atoms with van der Waals surface area (Å²) in [6, 6.07) is 14.9. The van der Waals surface area contributed by atoms with Crippen LogP contribution in [0, 0.1) is 0 Å². The van der Waals surface area contributed by atoms with E-state index in [4.69, 9.17) is 5.73 Å². The summed E-state index contributed by atoms with van der Waals surface area (Å²) in [5, 5.41) is 4.43. The van der Waals surface area contributed by atoms with Crippen LogP contribution in [-0.4, -0.2) is 10.9 Å². The monoisotopic (exact) mass is 341 g/mol. The molecule has 1 aromatic heterocycles. The summed E-state index contributed by atoms with van der Waals surface area (Å²) in [6.07, 6.45) is 1.51. The van der Waals surface area contributed by atoms with E-state index in [-0.39, 0.29) is 5.91 Å². The number of anilines is 2. The maximum absolute atomic E-state index is 12.4. The number of fused-ring (bicyclic) bond motifs is 1. The molecule has 0 radical (unpaired) electrons. The molecule has 0 spiro atoms. The van der Waals surface area contributed by atoms with Crippen LogP contribution in [0.15, 0.2) is 59.2 Å². The molecule has 4 nitrogen and oxygen atoms in total. The summed E-state index contributed by atoms with van der Waals surface area (Å²) in [6.45, 7) is 0. The topological polar surface area (TPSA) is 68.0 Å². The molecule has 0 saturated carbocycles. The van der Waals surface area contributed by atoms with Gasteiger partial charge >= 0.3 is 0 Å². The second kappa shape index (κ2) is 5.54. The summed E-state index contributed by atoms with van der Waals surface area (Å²) in [5.41, 5.74) is 7.07. The van der Waals surface area contributed by atoms with Crippen molar-refractivity contribution in [3.8, 4) is 0 Å². The lowest BCUT2D eigenvalue weighted by atomic mass is 10.1. The number of carbonyl (C=O) groups is 1. The summed E-state index contributed by atoms with van der Waals surface area (Å²) in [4.78, 5) is 16.5.